The molecule has 1 saturated carbocycles. The lowest BCUT2D eigenvalue weighted by Gasteiger charge is -2.21. The Hall–Kier alpha value is -1.65. The fourth-order valence-corrected chi connectivity index (χ4v) is 4.53. The lowest BCUT2D eigenvalue weighted by Crippen LogP contribution is -2.17. The predicted molar refractivity (Wildman–Crippen MR) is 110 cm³/mol. The van der Waals surface area contributed by atoms with Crippen LogP contribution in [0, 0.1) is 11.7 Å². The van der Waals surface area contributed by atoms with Crippen LogP contribution >= 0.6 is 15.9 Å². The van der Waals surface area contributed by atoms with E-state index in [1.165, 1.54) is 22.8 Å². The largest absolute Gasteiger partial charge is 0.485 e. The summed E-state index contributed by atoms with van der Waals surface area (Å²) in [7, 11) is 0. The number of allylic oxidation sites excluding steroid dienone is 1. The maximum atomic E-state index is 14.0. The first-order valence-electron chi connectivity index (χ1n) is 9.75. The normalized spacial score (nSPS) is 26.6. The minimum atomic E-state index is -0.300. The molecule has 0 amide bonds. The number of hydrogen-bond donors (Lipinski definition) is 1. The van der Waals surface area contributed by atoms with Gasteiger partial charge in [-0.3, -0.25) is 0 Å². The molecule has 3 unspecified atom stereocenters. The average Bonchev–Trinajstić information content (AvgIpc) is 2.85. The van der Waals surface area contributed by atoms with Gasteiger partial charge in [-0.2, -0.15) is 0 Å². The van der Waals surface area contributed by atoms with E-state index >= 15 is 0 Å². The van der Waals surface area contributed by atoms with Crippen molar-refractivity contribution < 1.29 is 9.13 Å². The molecule has 2 aromatic rings. The molecule has 4 rings (SSSR count). The molecule has 142 valence electrons. The van der Waals surface area contributed by atoms with Crippen molar-refractivity contribution in [3.63, 3.8) is 0 Å². The van der Waals surface area contributed by atoms with Crippen molar-refractivity contribution in [1.29, 1.82) is 0 Å². The monoisotopic (exact) mass is 429 g/mol. The average molecular weight is 430 g/mol. The summed E-state index contributed by atoms with van der Waals surface area (Å²) < 4.78 is 20.7. The molecule has 2 aliphatic rings. The summed E-state index contributed by atoms with van der Waals surface area (Å²) >= 11 is 3.21. The Morgan fingerprint density at radius 3 is 2.81 bits per heavy atom. The van der Waals surface area contributed by atoms with Crippen LogP contribution in [-0.2, 0) is 6.42 Å². The number of ether oxygens (including phenoxy) is 1. The molecule has 0 bridgehead atoms. The molecule has 4 heteroatoms. The minimum absolute atomic E-state index is 0.0776. The van der Waals surface area contributed by atoms with E-state index in [4.69, 9.17) is 10.5 Å². The Morgan fingerprint density at radius 2 is 1.96 bits per heavy atom. The van der Waals surface area contributed by atoms with Crippen molar-refractivity contribution in [2.75, 3.05) is 0 Å². The van der Waals surface area contributed by atoms with Crippen LogP contribution in [-0.4, -0.2) is 6.04 Å². The molecule has 2 N–H and O–H groups in total. The summed E-state index contributed by atoms with van der Waals surface area (Å²) in [5, 5.41) is 0. The number of halogens is 2. The standard InChI is InChI=1S/C23H25BrFNO/c24-21-11-10-19(14-22(21)25)27-23-17(13-16-5-1-2-7-20(16)23)12-15-4-3-6-18(26)9-8-15/h1-2,5,7,10-12,14,17-18,23H,3-4,6,8-9,13,26H2. The first-order valence-corrected chi connectivity index (χ1v) is 10.5. The zero-order valence-corrected chi connectivity index (χ0v) is 16.9. The molecule has 0 aromatic heterocycles. The van der Waals surface area contributed by atoms with Crippen LogP contribution < -0.4 is 10.5 Å². The lowest BCUT2D eigenvalue weighted by molar-refractivity contribution is 0.171. The molecule has 2 aliphatic carbocycles. The summed E-state index contributed by atoms with van der Waals surface area (Å²) in [6, 6.07) is 13.8. The fourth-order valence-electron chi connectivity index (χ4n) is 4.28. The van der Waals surface area contributed by atoms with Crippen molar-refractivity contribution in [2.24, 2.45) is 11.7 Å². The van der Waals surface area contributed by atoms with Crippen LogP contribution in [0.1, 0.15) is 49.3 Å². The molecule has 0 heterocycles. The van der Waals surface area contributed by atoms with Crippen molar-refractivity contribution in [3.8, 4) is 5.75 Å². The molecule has 2 nitrogen and oxygen atoms in total. The van der Waals surface area contributed by atoms with Crippen LogP contribution in [0.15, 0.2) is 58.6 Å². The molecule has 2 aromatic carbocycles. The summed E-state index contributed by atoms with van der Waals surface area (Å²) in [5.74, 6) is 0.550. The van der Waals surface area contributed by atoms with E-state index in [0.717, 1.165) is 38.5 Å². The van der Waals surface area contributed by atoms with E-state index in [1.54, 1.807) is 6.07 Å². The predicted octanol–water partition coefficient (Wildman–Crippen LogP) is 6.10. The van der Waals surface area contributed by atoms with Gasteiger partial charge in [-0.05, 0) is 77.7 Å². The number of benzene rings is 2. The third kappa shape index (κ3) is 4.27. The minimum Gasteiger partial charge on any atom is -0.485 e. The molecule has 1 fully saturated rings. The summed E-state index contributed by atoms with van der Waals surface area (Å²) in [4.78, 5) is 0. The first-order chi connectivity index (χ1) is 13.1. The lowest BCUT2D eigenvalue weighted by atomic mass is 9.96. The second-order valence-electron chi connectivity index (χ2n) is 7.70. The SMILES string of the molecule is NC1CCCC(=CC2Cc3ccccc3C2Oc2ccc(Br)c(F)c2)CC1. The third-order valence-corrected chi connectivity index (χ3v) is 6.36. The number of nitrogens with two attached hydrogens (primary N) is 1. The third-order valence-electron chi connectivity index (χ3n) is 5.72. The second-order valence-corrected chi connectivity index (χ2v) is 8.55. The van der Waals surface area contributed by atoms with Gasteiger partial charge >= 0.3 is 0 Å². The van der Waals surface area contributed by atoms with Crippen molar-refractivity contribution in [3.05, 3.63) is 75.5 Å². The Bertz CT molecular complexity index is 850. The van der Waals surface area contributed by atoms with Crippen LogP contribution in [0.4, 0.5) is 4.39 Å². The van der Waals surface area contributed by atoms with Gasteiger partial charge in [-0.15, -0.1) is 0 Å². The summed E-state index contributed by atoms with van der Waals surface area (Å²) in [5.41, 5.74) is 10.2. The van der Waals surface area contributed by atoms with Gasteiger partial charge in [-0.25, -0.2) is 4.39 Å². The van der Waals surface area contributed by atoms with Crippen LogP contribution in [0.3, 0.4) is 0 Å². The zero-order chi connectivity index (χ0) is 18.8. The highest BCUT2D eigenvalue weighted by Gasteiger charge is 2.33. The zero-order valence-electron chi connectivity index (χ0n) is 15.3. The number of fused-ring (bicyclic) bond motifs is 1. The van der Waals surface area contributed by atoms with Gasteiger partial charge in [0.25, 0.3) is 0 Å². The Kier molecular flexibility index (Phi) is 5.65. The molecule has 3 atom stereocenters. The Labute approximate surface area is 168 Å². The Morgan fingerprint density at radius 1 is 1.11 bits per heavy atom. The van der Waals surface area contributed by atoms with E-state index in [2.05, 4.69) is 46.3 Å². The smallest absolute Gasteiger partial charge is 0.141 e. The Balaban J connectivity index is 1.61. The topological polar surface area (TPSA) is 35.2 Å². The van der Waals surface area contributed by atoms with E-state index < -0.39 is 0 Å². The van der Waals surface area contributed by atoms with Crippen molar-refractivity contribution in [1.82, 2.24) is 0 Å². The highest BCUT2D eigenvalue weighted by molar-refractivity contribution is 9.10. The highest BCUT2D eigenvalue weighted by atomic mass is 79.9. The number of rotatable bonds is 3. The molecule has 0 saturated heterocycles. The quantitative estimate of drug-likeness (QED) is 0.472. The molecule has 0 radical (unpaired) electrons. The number of hydrogen-bond acceptors (Lipinski definition) is 2. The summed E-state index contributed by atoms with van der Waals surface area (Å²) in [6.45, 7) is 0. The molecule has 0 aliphatic heterocycles. The molecular formula is C23H25BrFNO. The second kappa shape index (κ2) is 8.15. The van der Waals surface area contributed by atoms with E-state index in [0.29, 0.717) is 16.3 Å². The van der Waals surface area contributed by atoms with E-state index in [1.807, 2.05) is 6.07 Å². The van der Waals surface area contributed by atoms with Gasteiger partial charge in [0.15, 0.2) is 0 Å². The highest BCUT2D eigenvalue weighted by Crippen LogP contribution is 2.41. The maximum Gasteiger partial charge on any atom is 0.141 e. The van der Waals surface area contributed by atoms with Gasteiger partial charge in [0.1, 0.15) is 17.7 Å². The van der Waals surface area contributed by atoms with Crippen molar-refractivity contribution >= 4 is 15.9 Å². The van der Waals surface area contributed by atoms with Crippen LogP contribution in [0.5, 0.6) is 5.75 Å². The summed E-state index contributed by atoms with van der Waals surface area (Å²) in [6.07, 6.45) is 8.85. The van der Waals surface area contributed by atoms with Gasteiger partial charge < -0.3 is 10.5 Å². The fraction of sp³-hybridized carbons (Fsp3) is 0.391. The molecular weight excluding hydrogens is 405 g/mol. The first kappa shape index (κ1) is 18.7. The van der Waals surface area contributed by atoms with Gasteiger partial charge in [0, 0.05) is 18.0 Å². The van der Waals surface area contributed by atoms with E-state index in [9.17, 15) is 4.39 Å². The maximum absolute atomic E-state index is 14.0. The van der Waals surface area contributed by atoms with Gasteiger partial charge in [0.2, 0.25) is 0 Å². The van der Waals surface area contributed by atoms with Crippen LogP contribution in [0.25, 0.3) is 0 Å². The van der Waals surface area contributed by atoms with Gasteiger partial charge in [0.05, 0.1) is 4.47 Å². The molecule has 27 heavy (non-hydrogen) atoms. The van der Waals surface area contributed by atoms with Crippen molar-refractivity contribution in [2.45, 2.75) is 50.7 Å². The van der Waals surface area contributed by atoms with Gasteiger partial charge in [-0.1, -0.05) is 35.9 Å². The van der Waals surface area contributed by atoms with Crippen LogP contribution in [0.2, 0.25) is 0 Å². The molecule has 0 spiro atoms. The van der Waals surface area contributed by atoms with E-state index in [-0.39, 0.29) is 17.8 Å².